The molecule has 0 spiro atoms. The number of nitrogens with zero attached hydrogens (tertiary/aromatic N) is 4. The molecule has 0 bridgehead atoms. The van der Waals surface area contributed by atoms with Crippen LogP contribution >= 0.6 is 11.8 Å². The zero-order valence-corrected chi connectivity index (χ0v) is 8.37. The Balaban J connectivity index is 1.77. The van der Waals surface area contributed by atoms with E-state index >= 15 is 0 Å². The summed E-state index contributed by atoms with van der Waals surface area (Å²) in [6.07, 6.45) is 2.30. The summed E-state index contributed by atoms with van der Waals surface area (Å²) >= 11 is 1.71. The number of nitrogens with two attached hydrogens (primary N) is 1. The fraction of sp³-hybridized carbons (Fsp3) is 0.857. The maximum absolute atomic E-state index is 5.69. The van der Waals surface area contributed by atoms with Gasteiger partial charge >= 0.3 is 0 Å². The quantitative estimate of drug-likeness (QED) is 0.696. The Morgan fingerprint density at radius 3 is 2.92 bits per heavy atom. The zero-order valence-electron chi connectivity index (χ0n) is 7.55. The lowest BCUT2D eigenvalue weighted by Crippen LogP contribution is -2.37. The minimum absolute atomic E-state index is 0.434. The molecule has 1 heterocycles. The van der Waals surface area contributed by atoms with Gasteiger partial charge < -0.3 is 5.73 Å². The van der Waals surface area contributed by atoms with Crippen molar-refractivity contribution in [2.75, 3.05) is 5.75 Å². The molecular weight excluding hydrogens is 186 g/mol. The summed E-state index contributed by atoms with van der Waals surface area (Å²) in [5.41, 5.74) is 5.69. The molecule has 1 aromatic rings. The van der Waals surface area contributed by atoms with E-state index in [0.717, 1.165) is 29.7 Å². The normalized spacial score (nSPS) is 27.2. The van der Waals surface area contributed by atoms with Gasteiger partial charge in [0.15, 0.2) is 0 Å². The minimum atomic E-state index is 0.434. The van der Waals surface area contributed by atoms with Crippen LogP contribution < -0.4 is 5.73 Å². The first-order valence-electron chi connectivity index (χ1n) is 4.36. The third kappa shape index (κ3) is 2.00. The van der Waals surface area contributed by atoms with Crippen LogP contribution in [0.2, 0.25) is 0 Å². The number of hydrogen-bond donors (Lipinski definition) is 1. The van der Waals surface area contributed by atoms with Gasteiger partial charge in [0, 0.05) is 18.8 Å². The van der Waals surface area contributed by atoms with E-state index in [9.17, 15) is 0 Å². The van der Waals surface area contributed by atoms with Crippen molar-refractivity contribution in [3.05, 3.63) is 0 Å². The lowest BCUT2D eigenvalue weighted by molar-refractivity contribution is 0.295. The summed E-state index contributed by atoms with van der Waals surface area (Å²) < 4.78 is 1.70. The van der Waals surface area contributed by atoms with Crippen LogP contribution in [0.15, 0.2) is 5.16 Å². The van der Waals surface area contributed by atoms with Crippen LogP contribution in [0.1, 0.15) is 12.8 Å². The topological polar surface area (TPSA) is 69.6 Å². The number of tetrazole rings is 1. The van der Waals surface area contributed by atoms with Crippen molar-refractivity contribution >= 4 is 11.8 Å². The van der Waals surface area contributed by atoms with Crippen LogP contribution in [0.4, 0.5) is 0 Å². The second kappa shape index (κ2) is 3.63. The van der Waals surface area contributed by atoms with E-state index in [0.29, 0.717) is 6.04 Å². The monoisotopic (exact) mass is 199 g/mol. The molecule has 0 saturated heterocycles. The SMILES string of the molecule is Cn1nnnc1SCC1CC(N)C1. The molecule has 6 heteroatoms. The van der Waals surface area contributed by atoms with Crippen molar-refractivity contribution < 1.29 is 0 Å². The number of aromatic nitrogens is 4. The van der Waals surface area contributed by atoms with Gasteiger partial charge in [0.05, 0.1) is 0 Å². The Kier molecular flexibility index (Phi) is 2.50. The molecule has 1 aromatic heterocycles. The van der Waals surface area contributed by atoms with Crippen molar-refractivity contribution in [1.29, 1.82) is 0 Å². The predicted molar refractivity (Wildman–Crippen MR) is 50.2 cm³/mol. The molecule has 2 N–H and O–H groups in total. The van der Waals surface area contributed by atoms with Gasteiger partial charge in [0.25, 0.3) is 0 Å². The molecule has 1 aliphatic carbocycles. The molecule has 0 atom stereocenters. The van der Waals surface area contributed by atoms with Gasteiger partial charge in [-0.2, -0.15) is 0 Å². The summed E-state index contributed by atoms with van der Waals surface area (Å²) in [4.78, 5) is 0. The molecule has 2 rings (SSSR count). The first-order valence-corrected chi connectivity index (χ1v) is 5.35. The third-order valence-corrected chi connectivity index (χ3v) is 3.54. The fourth-order valence-corrected chi connectivity index (χ4v) is 2.43. The first-order chi connectivity index (χ1) is 6.25. The van der Waals surface area contributed by atoms with Crippen LogP contribution in [0.25, 0.3) is 0 Å². The van der Waals surface area contributed by atoms with Crippen LogP contribution in [0.3, 0.4) is 0 Å². The number of hydrogen-bond acceptors (Lipinski definition) is 5. The summed E-state index contributed by atoms with van der Waals surface area (Å²) in [5, 5.41) is 12.1. The van der Waals surface area contributed by atoms with E-state index in [2.05, 4.69) is 15.5 Å². The third-order valence-electron chi connectivity index (χ3n) is 2.30. The van der Waals surface area contributed by atoms with E-state index in [1.165, 1.54) is 0 Å². The highest BCUT2D eigenvalue weighted by Crippen LogP contribution is 2.30. The Bertz CT molecular complexity index is 280. The maximum atomic E-state index is 5.69. The van der Waals surface area contributed by atoms with Crippen LogP contribution in [0, 0.1) is 5.92 Å². The highest BCUT2D eigenvalue weighted by atomic mass is 32.2. The van der Waals surface area contributed by atoms with Crippen molar-refractivity contribution in [1.82, 2.24) is 20.2 Å². The Labute approximate surface area is 81.1 Å². The van der Waals surface area contributed by atoms with Gasteiger partial charge in [-0.25, -0.2) is 4.68 Å². The average Bonchev–Trinajstić information content (AvgIpc) is 2.43. The predicted octanol–water partition coefficient (Wildman–Crippen LogP) is 0.0395. The highest BCUT2D eigenvalue weighted by Gasteiger charge is 2.26. The Morgan fingerprint density at radius 1 is 1.62 bits per heavy atom. The first kappa shape index (κ1) is 8.96. The van der Waals surface area contributed by atoms with Crippen molar-refractivity contribution in [2.24, 2.45) is 18.7 Å². The van der Waals surface area contributed by atoms with Gasteiger partial charge in [-0.3, -0.25) is 0 Å². The highest BCUT2D eigenvalue weighted by molar-refractivity contribution is 7.99. The molecule has 5 nitrogen and oxygen atoms in total. The summed E-state index contributed by atoms with van der Waals surface area (Å²) in [6.45, 7) is 0. The standard InChI is InChI=1S/C7H13N5S/c1-12-7(9-10-11-12)13-4-5-2-6(8)3-5/h5-6H,2-4,8H2,1H3. The Morgan fingerprint density at radius 2 is 2.38 bits per heavy atom. The molecule has 13 heavy (non-hydrogen) atoms. The molecule has 0 aliphatic heterocycles. The molecule has 0 radical (unpaired) electrons. The number of rotatable bonds is 3. The smallest absolute Gasteiger partial charge is 0.209 e. The second-order valence-electron chi connectivity index (χ2n) is 3.49. The molecule has 0 unspecified atom stereocenters. The molecule has 72 valence electrons. The van der Waals surface area contributed by atoms with Crippen LogP contribution in [-0.2, 0) is 7.05 Å². The molecule has 1 aliphatic rings. The Hall–Kier alpha value is -0.620. The summed E-state index contributed by atoms with van der Waals surface area (Å²) in [7, 11) is 1.86. The van der Waals surface area contributed by atoms with Crippen molar-refractivity contribution in [2.45, 2.75) is 24.0 Å². The van der Waals surface area contributed by atoms with Crippen molar-refractivity contribution in [3.8, 4) is 0 Å². The van der Waals surface area contributed by atoms with Crippen LogP contribution in [0.5, 0.6) is 0 Å². The van der Waals surface area contributed by atoms with E-state index in [4.69, 9.17) is 5.73 Å². The molecular formula is C7H13N5S. The van der Waals surface area contributed by atoms with Gasteiger partial charge in [0.2, 0.25) is 5.16 Å². The molecule has 0 aromatic carbocycles. The lowest BCUT2D eigenvalue weighted by Gasteiger charge is -2.31. The van der Waals surface area contributed by atoms with Gasteiger partial charge in [0.1, 0.15) is 0 Å². The fourth-order valence-electron chi connectivity index (χ4n) is 1.46. The lowest BCUT2D eigenvalue weighted by atomic mass is 9.82. The number of thioether (sulfide) groups is 1. The van der Waals surface area contributed by atoms with Gasteiger partial charge in [-0.1, -0.05) is 11.8 Å². The van der Waals surface area contributed by atoms with Crippen LogP contribution in [-0.4, -0.2) is 32.0 Å². The maximum Gasteiger partial charge on any atom is 0.209 e. The van der Waals surface area contributed by atoms with Gasteiger partial charge in [-0.05, 0) is 29.2 Å². The van der Waals surface area contributed by atoms with E-state index in [1.807, 2.05) is 7.05 Å². The molecule has 1 saturated carbocycles. The van der Waals surface area contributed by atoms with E-state index < -0.39 is 0 Å². The molecule has 1 fully saturated rings. The summed E-state index contributed by atoms with van der Waals surface area (Å²) in [5.74, 6) is 1.85. The molecule has 0 amide bonds. The average molecular weight is 199 g/mol. The minimum Gasteiger partial charge on any atom is -0.328 e. The van der Waals surface area contributed by atoms with Gasteiger partial charge in [-0.15, -0.1) is 5.10 Å². The van der Waals surface area contributed by atoms with E-state index in [-0.39, 0.29) is 0 Å². The van der Waals surface area contributed by atoms with E-state index in [1.54, 1.807) is 16.4 Å². The largest absolute Gasteiger partial charge is 0.328 e. The second-order valence-corrected chi connectivity index (χ2v) is 4.48. The van der Waals surface area contributed by atoms with Crippen molar-refractivity contribution in [3.63, 3.8) is 0 Å². The zero-order chi connectivity index (χ0) is 9.26. The summed E-state index contributed by atoms with van der Waals surface area (Å²) in [6, 6.07) is 0.434. The number of aryl methyl sites for hydroxylation is 1.